The summed E-state index contributed by atoms with van der Waals surface area (Å²) in [5.41, 5.74) is 1.03. The molecule has 0 bridgehead atoms. The number of hydrogen-bond donors (Lipinski definition) is 1. The van der Waals surface area contributed by atoms with E-state index in [-0.39, 0.29) is 17.9 Å². The summed E-state index contributed by atoms with van der Waals surface area (Å²) in [5, 5.41) is 3.05. The first-order chi connectivity index (χ1) is 15.1. The average molecular weight is 430 g/mol. The highest BCUT2D eigenvalue weighted by Gasteiger charge is 2.40. The smallest absolute Gasteiger partial charge is 0.323 e. The lowest BCUT2D eigenvalue weighted by atomic mass is 9.96. The normalized spacial score (nSPS) is 20.6. The molecule has 1 aromatic rings. The van der Waals surface area contributed by atoms with Crippen LogP contribution in [0.4, 0.5) is 0 Å². The van der Waals surface area contributed by atoms with Gasteiger partial charge in [-0.2, -0.15) is 0 Å². The van der Waals surface area contributed by atoms with Gasteiger partial charge in [0, 0.05) is 32.6 Å². The molecule has 2 fully saturated rings. The minimum Gasteiger partial charge on any atom is -0.460 e. The standard InChI is InChI=1S/C25H39N3O3/c1-3-27(23(29)13-15-26-2)17-21-14-16-28(18-21)24(22-11-7-8-12-22)25(30)31-19-20-9-5-4-6-10-20/h4-6,9-10,21-22,24,26H,3,7-8,11-19H2,1-2H3. The number of nitrogens with one attached hydrogen (secondary N) is 1. The van der Waals surface area contributed by atoms with E-state index in [4.69, 9.17) is 4.74 Å². The highest BCUT2D eigenvalue weighted by Crippen LogP contribution is 2.34. The number of benzene rings is 1. The molecule has 31 heavy (non-hydrogen) atoms. The zero-order valence-corrected chi connectivity index (χ0v) is 19.2. The van der Waals surface area contributed by atoms with Crippen molar-refractivity contribution in [1.29, 1.82) is 0 Å². The van der Waals surface area contributed by atoms with E-state index in [9.17, 15) is 9.59 Å². The van der Waals surface area contributed by atoms with Crippen molar-refractivity contribution in [3.05, 3.63) is 35.9 Å². The number of carbonyl (C=O) groups excluding carboxylic acids is 2. The second kappa shape index (κ2) is 12.2. The van der Waals surface area contributed by atoms with Crippen LogP contribution in [0.5, 0.6) is 0 Å². The Kier molecular flexibility index (Phi) is 9.34. The topological polar surface area (TPSA) is 61.9 Å². The third kappa shape index (κ3) is 6.78. The fraction of sp³-hybridized carbons (Fsp3) is 0.680. The molecule has 6 heteroatoms. The van der Waals surface area contributed by atoms with E-state index in [1.54, 1.807) is 0 Å². The summed E-state index contributed by atoms with van der Waals surface area (Å²) in [6.45, 7) is 6.40. The maximum absolute atomic E-state index is 13.2. The fourth-order valence-electron chi connectivity index (χ4n) is 5.10. The summed E-state index contributed by atoms with van der Waals surface area (Å²) in [6.07, 6.45) is 6.19. The van der Waals surface area contributed by atoms with Gasteiger partial charge >= 0.3 is 5.97 Å². The van der Waals surface area contributed by atoms with Crippen molar-refractivity contribution in [3.8, 4) is 0 Å². The zero-order valence-electron chi connectivity index (χ0n) is 19.2. The van der Waals surface area contributed by atoms with Crippen LogP contribution in [0.3, 0.4) is 0 Å². The Bertz CT molecular complexity index is 691. The van der Waals surface area contributed by atoms with Crippen LogP contribution in [0.1, 0.15) is 51.0 Å². The predicted molar refractivity (Wildman–Crippen MR) is 122 cm³/mol. The van der Waals surface area contributed by atoms with Gasteiger partial charge in [-0.15, -0.1) is 0 Å². The average Bonchev–Trinajstić information content (AvgIpc) is 3.48. The van der Waals surface area contributed by atoms with Crippen molar-refractivity contribution in [3.63, 3.8) is 0 Å². The van der Waals surface area contributed by atoms with E-state index < -0.39 is 0 Å². The summed E-state index contributed by atoms with van der Waals surface area (Å²) in [7, 11) is 1.87. The minimum atomic E-state index is -0.147. The predicted octanol–water partition coefficient (Wildman–Crippen LogP) is 3.07. The molecule has 1 saturated carbocycles. The van der Waals surface area contributed by atoms with E-state index in [1.165, 1.54) is 12.8 Å². The van der Waals surface area contributed by atoms with Gasteiger partial charge in [-0.05, 0) is 57.2 Å². The molecule has 3 rings (SSSR count). The molecule has 1 aromatic carbocycles. The van der Waals surface area contributed by atoms with Gasteiger partial charge in [0.25, 0.3) is 0 Å². The van der Waals surface area contributed by atoms with Gasteiger partial charge in [0.15, 0.2) is 0 Å². The number of nitrogens with zero attached hydrogens (tertiary/aromatic N) is 2. The molecule has 2 unspecified atom stereocenters. The minimum absolute atomic E-state index is 0.0751. The lowest BCUT2D eigenvalue weighted by Crippen LogP contribution is -2.46. The van der Waals surface area contributed by atoms with Crippen molar-refractivity contribution in [2.45, 2.75) is 58.1 Å². The second-order valence-electron chi connectivity index (χ2n) is 9.02. The van der Waals surface area contributed by atoms with Crippen LogP contribution < -0.4 is 5.32 Å². The molecule has 1 aliphatic carbocycles. The van der Waals surface area contributed by atoms with Crippen LogP contribution >= 0.6 is 0 Å². The van der Waals surface area contributed by atoms with Crippen LogP contribution in [-0.2, 0) is 20.9 Å². The van der Waals surface area contributed by atoms with Gasteiger partial charge in [-0.3, -0.25) is 14.5 Å². The van der Waals surface area contributed by atoms with Gasteiger partial charge in [-0.25, -0.2) is 0 Å². The molecule has 0 aromatic heterocycles. The molecule has 1 N–H and O–H groups in total. The van der Waals surface area contributed by atoms with Crippen molar-refractivity contribution in [2.75, 3.05) is 39.8 Å². The van der Waals surface area contributed by atoms with Crippen molar-refractivity contribution in [2.24, 2.45) is 11.8 Å². The van der Waals surface area contributed by atoms with Crippen LogP contribution in [0, 0.1) is 11.8 Å². The van der Waals surface area contributed by atoms with E-state index >= 15 is 0 Å². The third-order valence-corrected chi connectivity index (χ3v) is 6.82. The SMILES string of the molecule is CCN(CC1CCN(C(C(=O)OCc2ccccc2)C2CCCC2)C1)C(=O)CCNC. The molecule has 2 aliphatic rings. The van der Waals surface area contributed by atoms with Gasteiger partial charge in [0.05, 0.1) is 0 Å². The van der Waals surface area contributed by atoms with Gasteiger partial charge < -0.3 is 15.0 Å². The fourth-order valence-corrected chi connectivity index (χ4v) is 5.10. The summed E-state index contributed by atoms with van der Waals surface area (Å²) < 4.78 is 5.78. The molecule has 6 nitrogen and oxygen atoms in total. The molecular weight excluding hydrogens is 390 g/mol. The monoisotopic (exact) mass is 429 g/mol. The number of amides is 1. The lowest BCUT2D eigenvalue weighted by molar-refractivity contribution is -0.153. The molecule has 172 valence electrons. The molecule has 1 heterocycles. The van der Waals surface area contributed by atoms with E-state index in [0.717, 1.165) is 51.0 Å². The van der Waals surface area contributed by atoms with Crippen molar-refractivity contribution < 1.29 is 14.3 Å². The first-order valence-electron chi connectivity index (χ1n) is 12.0. The van der Waals surface area contributed by atoms with Crippen molar-refractivity contribution in [1.82, 2.24) is 15.1 Å². The number of ether oxygens (including phenoxy) is 1. The van der Waals surface area contributed by atoms with Crippen LogP contribution in [-0.4, -0.2) is 67.5 Å². The molecule has 0 spiro atoms. The largest absolute Gasteiger partial charge is 0.460 e. The Morgan fingerprint density at radius 2 is 1.94 bits per heavy atom. The highest BCUT2D eigenvalue weighted by molar-refractivity contribution is 5.77. The third-order valence-electron chi connectivity index (χ3n) is 6.82. The Morgan fingerprint density at radius 1 is 1.19 bits per heavy atom. The molecule has 1 aliphatic heterocycles. The lowest BCUT2D eigenvalue weighted by Gasteiger charge is -2.31. The maximum Gasteiger partial charge on any atom is 0.323 e. The van der Waals surface area contributed by atoms with Crippen molar-refractivity contribution >= 4 is 11.9 Å². The summed E-state index contributed by atoms with van der Waals surface area (Å²) in [6, 6.07) is 9.76. The first kappa shape index (κ1) is 23.7. The molecule has 2 atom stereocenters. The summed E-state index contributed by atoms with van der Waals surface area (Å²) in [5.74, 6) is 0.949. The Morgan fingerprint density at radius 3 is 2.61 bits per heavy atom. The number of esters is 1. The van der Waals surface area contributed by atoms with E-state index in [1.807, 2.05) is 49.2 Å². The van der Waals surface area contributed by atoms with Gasteiger partial charge in [0.2, 0.25) is 5.91 Å². The molecule has 1 saturated heterocycles. The number of likely N-dealkylation sites (tertiary alicyclic amines) is 1. The molecular formula is C25H39N3O3. The van der Waals surface area contributed by atoms with Crippen LogP contribution in [0.15, 0.2) is 30.3 Å². The highest BCUT2D eigenvalue weighted by atomic mass is 16.5. The van der Waals surface area contributed by atoms with Crippen LogP contribution in [0.2, 0.25) is 0 Å². The first-order valence-corrected chi connectivity index (χ1v) is 12.0. The quantitative estimate of drug-likeness (QED) is 0.548. The Balaban J connectivity index is 1.58. The van der Waals surface area contributed by atoms with Gasteiger partial charge in [0.1, 0.15) is 12.6 Å². The van der Waals surface area contributed by atoms with E-state index in [0.29, 0.717) is 31.4 Å². The molecule has 1 amide bonds. The van der Waals surface area contributed by atoms with Gasteiger partial charge in [-0.1, -0.05) is 43.2 Å². The zero-order chi connectivity index (χ0) is 22.1. The summed E-state index contributed by atoms with van der Waals surface area (Å²) >= 11 is 0. The maximum atomic E-state index is 13.2. The Labute approximate surface area is 187 Å². The van der Waals surface area contributed by atoms with Crippen LogP contribution in [0.25, 0.3) is 0 Å². The number of hydrogen-bond acceptors (Lipinski definition) is 5. The Hall–Kier alpha value is -1.92. The summed E-state index contributed by atoms with van der Waals surface area (Å²) in [4.78, 5) is 30.0. The number of rotatable bonds is 11. The second-order valence-corrected chi connectivity index (χ2v) is 9.02. The van der Waals surface area contributed by atoms with E-state index in [2.05, 4.69) is 10.2 Å². The number of carbonyl (C=O) groups is 2. The molecule has 0 radical (unpaired) electrons.